The molecule has 0 bridgehead atoms. The van der Waals surface area contributed by atoms with Crippen LogP contribution in [0.25, 0.3) is 33.3 Å². The standard InChI is InChI=1S/C19H17N4.Ir/c1-3-13-10-20-18(21-11-13)14-9-16-15-7-5-6-8-17(15)23(4-2)19(16)22-12-14;/h5-11H,3-4H2,1-2H3;/q-1;. The van der Waals surface area contributed by atoms with E-state index in [1.165, 1.54) is 10.9 Å². The smallest absolute Gasteiger partial charge is 0.0763 e. The molecule has 0 unspecified atom stereocenters. The molecular formula is C19H17IrN4-. The number of hydrogen-bond acceptors (Lipinski definition) is 3. The fraction of sp³-hybridized carbons (Fsp3) is 0.211. The van der Waals surface area contributed by atoms with Crippen LogP contribution in [0.5, 0.6) is 0 Å². The molecule has 0 amide bonds. The van der Waals surface area contributed by atoms with Crippen molar-refractivity contribution in [2.24, 2.45) is 0 Å². The van der Waals surface area contributed by atoms with Crippen LogP contribution >= 0.6 is 0 Å². The summed E-state index contributed by atoms with van der Waals surface area (Å²) in [6.45, 7) is 5.11. The summed E-state index contributed by atoms with van der Waals surface area (Å²) < 4.78 is 2.21. The molecule has 0 aliphatic carbocycles. The van der Waals surface area contributed by atoms with Crippen molar-refractivity contribution in [3.05, 3.63) is 54.5 Å². The van der Waals surface area contributed by atoms with Crippen LogP contribution in [0.4, 0.5) is 0 Å². The maximum absolute atomic E-state index is 4.57. The number of hydrogen-bond donors (Lipinski definition) is 0. The Morgan fingerprint density at radius 1 is 1.04 bits per heavy atom. The van der Waals surface area contributed by atoms with Gasteiger partial charge in [0.05, 0.1) is 11.5 Å². The maximum Gasteiger partial charge on any atom is 0.0763 e. The van der Waals surface area contributed by atoms with Crippen LogP contribution in [0.1, 0.15) is 19.4 Å². The summed E-state index contributed by atoms with van der Waals surface area (Å²) in [4.78, 5) is 13.5. The third-order valence-corrected chi connectivity index (χ3v) is 4.22. The molecule has 0 aliphatic rings. The fourth-order valence-corrected chi connectivity index (χ4v) is 2.98. The predicted octanol–water partition coefficient (Wildman–Crippen LogP) is 4.03. The van der Waals surface area contributed by atoms with Gasteiger partial charge >= 0.3 is 0 Å². The number of benzene rings is 1. The van der Waals surface area contributed by atoms with Crippen molar-refractivity contribution in [1.29, 1.82) is 0 Å². The molecule has 123 valence electrons. The van der Waals surface area contributed by atoms with Gasteiger partial charge in [0.2, 0.25) is 0 Å². The van der Waals surface area contributed by atoms with Crippen LogP contribution in [0, 0.1) is 6.20 Å². The quantitative estimate of drug-likeness (QED) is 0.405. The summed E-state index contributed by atoms with van der Waals surface area (Å²) in [5.74, 6) is 0.671. The van der Waals surface area contributed by atoms with E-state index in [1.54, 1.807) is 0 Å². The van der Waals surface area contributed by atoms with Gasteiger partial charge in [-0.05, 0) is 36.6 Å². The molecular weight excluding hydrogens is 476 g/mol. The SMILES string of the molecule is CCc1cnc(-c2[c-]nc3c(c2)c2ccccc2n3CC)nc1.[Ir]. The van der Waals surface area contributed by atoms with Crippen LogP contribution in [0.2, 0.25) is 0 Å². The van der Waals surface area contributed by atoms with Crippen molar-refractivity contribution in [1.82, 2.24) is 19.5 Å². The van der Waals surface area contributed by atoms with Gasteiger partial charge in [-0.2, -0.15) is 0 Å². The topological polar surface area (TPSA) is 43.6 Å². The van der Waals surface area contributed by atoms with Crippen LogP contribution in [-0.4, -0.2) is 19.5 Å². The molecule has 0 fully saturated rings. The number of fused-ring (bicyclic) bond motifs is 3. The maximum atomic E-state index is 4.57. The Morgan fingerprint density at radius 3 is 2.50 bits per heavy atom. The number of nitrogens with zero attached hydrogens (tertiary/aromatic N) is 4. The van der Waals surface area contributed by atoms with Crippen LogP contribution < -0.4 is 0 Å². The molecule has 24 heavy (non-hydrogen) atoms. The summed E-state index contributed by atoms with van der Waals surface area (Å²) in [5, 5.41) is 2.33. The third kappa shape index (κ3) is 2.64. The van der Waals surface area contributed by atoms with Crippen molar-refractivity contribution in [3.63, 3.8) is 0 Å². The predicted molar refractivity (Wildman–Crippen MR) is 92.2 cm³/mol. The molecule has 0 aliphatic heterocycles. The summed E-state index contributed by atoms with van der Waals surface area (Å²) in [5.41, 5.74) is 4.12. The first-order valence-electron chi connectivity index (χ1n) is 7.92. The molecule has 0 saturated heterocycles. The number of rotatable bonds is 3. The Hall–Kier alpha value is -2.10. The van der Waals surface area contributed by atoms with Gasteiger partial charge in [-0.15, -0.1) is 6.07 Å². The zero-order chi connectivity index (χ0) is 15.8. The fourth-order valence-electron chi connectivity index (χ4n) is 2.98. The Kier molecular flexibility index (Phi) is 4.74. The number of pyridine rings is 1. The van der Waals surface area contributed by atoms with Gasteiger partial charge < -0.3 is 9.55 Å². The monoisotopic (exact) mass is 494 g/mol. The third-order valence-electron chi connectivity index (χ3n) is 4.22. The number of aromatic nitrogens is 4. The van der Waals surface area contributed by atoms with E-state index in [0.717, 1.165) is 35.1 Å². The second-order valence-corrected chi connectivity index (χ2v) is 5.55. The van der Waals surface area contributed by atoms with Gasteiger partial charge in [0.15, 0.2) is 0 Å². The Balaban J connectivity index is 0.00000169. The van der Waals surface area contributed by atoms with Crippen molar-refractivity contribution in [2.75, 3.05) is 0 Å². The second-order valence-electron chi connectivity index (χ2n) is 5.55. The van der Waals surface area contributed by atoms with E-state index >= 15 is 0 Å². The molecule has 0 saturated carbocycles. The van der Waals surface area contributed by atoms with Crippen molar-refractivity contribution in [3.8, 4) is 11.4 Å². The van der Waals surface area contributed by atoms with Crippen LogP contribution in [-0.2, 0) is 33.1 Å². The van der Waals surface area contributed by atoms with Crippen LogP contribution in [0.15, 0.2) is 42.7 Å². The molecule has 0 N–H and O–H groups in total. The Morgan fingerprint density at radius 2 is 1.79 bits per heavy atom. The molecule has 1 aromatic carbocycles. The van der Waals surface area contributed by atoms with Crippen molar-refractivity contribution < 1.29 is 20.1 Å². The molecule has 0 atom stereocenters. The molecule has 4 rings (SSSR count). The normalized spacial score (nSPS) is 10.9. The van der Waals surface area contributed by atoms with Crippen molar-refractivity contribution >= 4 is 21.9 Å². The van der Waals surface area contributed by atoms with E-state index in [9.17, 15) is 0 Å². The number of para-hydroxylation sites is 1. The zero-order valence-corrected chi connectivity index (χ0v) is 16.0. The molecule has 3 aromatic heterocycles. The second kappa shape index (κ2) is 6.79. The van der Waals surface area contributed by atoms with Gasteiger partial charge in [-0.1, -0.05) is 36.1 Å². The summed E-state index contributed by atoms with van der Waals surface area (Å²) in [6, 6.07) is 10.5. The minimum atomic E-state index is 0. The van der Waals surface area contributed by atoms with E-state index in [2.05, 4.69) is 69.9 Å². The van der Waals surface area contributed by atoms with E-state index < -0.39 is 0 Å². The van der Waals surface area contributed by atoms with Crippen molar-refractivity contribution in [2.45, 2.75) is 26.8 Å². The van der Waals surface area contributed by atoms with Gasteiger partial charge in [-0.25, -0.2) is 0 Å². The summed E-state index contributed by atoms with van der Waals surface area (Å²) >= 11 is 0. The molecule has 0 spiro atoms. The van der Waals surface area contributed by atoms with Gasteiger partial charge in [-0.3, -0.25) is 9.97 Å². The van der Waals surface area contributed by atoms with Gasteiger partial charge in [0.25, 0.3) is 0 Å². The van der Waals surface area contributed by atoms with E-state index in [1.807, 2.05) is 12.4 Å². The average Bonchev–Trinajstić information content (AvgIpc) is 2.95. The Labute approximate surface area is 154 Å². The number of aryl methyl sites for hydroxylation is 2. The molecule has 4 aromatic rings. The minimum Gasteiger partial charge on any atom is -0.366 e. The first-order chi connectivity index (χ1) is 11.3. The summed E-state index contributed by atoms with van der Waals surface area (Å²) in [7, 11) is 0. The molecule has 4 nitrogen and oxygen atoms in total. The van der Waals surface area contributed by atoms with Crippen LogP contribution in [0.3, 0.4) is 0 Å². The average molecular weight is 494 g/mol. The Bertz CT molecular complexity index is 990. The largest absolute Gasteiger partial charge is 0.366 e. The van der Waals surface area contributed by atoms with E-state index in [4.69, 9.17) is 0 Å². The molecule has 1 radical (unpaired) electrons. The molecule has 5 heteroatoms. The van der Waals surface area contributed by atoms with E-state index in [-0.39, 0.29) is 20.1 Å². The van der Waals surface area contributed by atoms with Gasteiger partial charge in [0, 0.05) is 44.6 Å². The first-order valence-corrected chi connectivity index (χ1v) is 7.92. The summed E-state index contributed by atoms with van der Waals surface area (Å²) in [6.07, 6.45) is 7.78. The minimum absolute atomic E-state index is 0. The molecule has 3 heterocycles. The zero-order valence-electron chi connectivity index (χ0n) is 13.6. The van der Waals surface area contributed by atoms with E-state index in [0.29, 0.717) is 5.82 Å². The first kappa shape index (κ1) is 16.7. The van der Waals surface area contributed by atoms with Gasteiger partial charge in [0.1, 0.15) is 0 Å².